The molecule has 0 bridgehead atoms. The van der Waals surface area contributed by atoms with Crippen molar-refractivity contribution >= 4 is 17.6 Å². The maximum atomic E-state index is 12.7. The first-order valence-electron chi connectivity index (χ1n) is 7.47. The second-order valence-corrected chi connectivity index (χ2v) is 5.64. The van der Waals surface area contributed by atoms with Crippen LogP contribution in [0.4, 0.5) is 18.9 Å². The fourth-order valence-corrected chi connectivity index (χ4v) is 1.88. The second kappa shape index (κ2) is 7.38. The molecule has 2 aromatic carbocycles. The number of benzene rings is 2. The number of rotatable bonds is 4. The highest BCUT2D eigenvalue weighted by Gasteiger charge is 2.30. The standard InChI is InChI=1S/C18H16F3NO3/c1-11(2)16(23)22-14-8-6-12(7-9-14)17(24)25-15-5-3-4-13(10-15)18(19,20)21/h3-11H,1-2H3,(H,22,23). The Balaban J connectivity index is 2.07. The van der Waals surface area contributed by atoms with Crippen molar-refractivity contribution in [3.63, 3.8) is 0 Å². The number of amides is 1. The summed E-state index contributed by atoms with van der Waals surface area (Å²) in [7, 11) is 0. The van der Waals surface area contributed by atoms with Gasteiger partial charge in [-0.2, -0.15) is 13.2 Å². The van der Waals surface area contributed by atoms with Gasteiger partial charge in [-0.15, -0.1) is 0 Å². The topological polar surface area (TPSA) is 55.4 Å². The molecule has 0 saturated heterocycles. The predicted molar refractivity (Wildman–Crippen MR) is 86.3 cm³/mol. The Bertz CT molecular complexity index is 768. The van der Waals surface area contributed by atoms with Crippen LogP contribution in [-0.4, -0.2) is 11.9 Å². The summed E-state index contributed by atoms with van der Waals surface area (Å²) >= 11 is 0. The third kappa shape index (κ3) is 5.07. The first kappa shape index (κ1) is 18.5. The van der Waals surface area contributed by atoms with Gasteiger partial charge in [-0.3, -0.25) is 4.79 Å². The zero-order valence-corrected chi connectivity index (χ0v) is 13.6. The average molecular weight is 351 g/mol. The van der Waals surface area contributed by atoms with Crippen LogP contribution >= 0.6 is 0 Å². The van der Waals surface area contributed by atoms with Crippen LogP contribution in [0.5, 0.6) is 5.75 Å². The van der Waals surface area contributed by atoms with Gasteiger partial charge in [-0.25, -0.2) is 4.79 Å². The van der Waals surface area contributed by atoms with Crippen molar-refractivity contribution in [2.45, 2.75) is 20.0 Å². The minimum atomic E-state index is -4.52. The number of hydrogen-bond donors (Lipinski definition) is 1. The summed E-state index contributed by atoms with van der Waals surface area (Å²) in [5, 5.41) is 2.67. The Morgan fingerprint density at radius 3 is 2.24 bits per heavy atom. The van der Waals surface area contributed by atoms with Gasteiger partial charge in [0.1, 0.15) is 5.75 Å². The maximum Gasteiger partial charge on any atom is 0.416 e. The first-order chi connectivity index (χ1) is 11.7. The molecular weight excluding hydrogens is 335 g/mol. The molecule has 1 N–H and O–H groups in total. The molecule has 0 saturated carbocycles. The largest absolute Gasteiger partial charge is 0.423 e. The van der Waals surface area contributed by atoms with E-state index in [1.54, 1.807) is 13.8 Å². The van der Waals surface area contributed by atoms with Gasteiger partial charge in [0.2, 0.25) is 5.91 Å². The van der Waals surface area contributed by atoms with Crippen molar-refractivity contribution < 1.29 is 27.5 Å². The number of nitrogens with one attached hydrogen (secondary N) is 1. The van der Waals surface area contributed by atoms with Crippen molar-refractivity contribution in [1.82, 2.24) is 0 Å². The fraction of sp³-hybridized carbons (Fsp3) is 0.222. The van der Waals surface area contributed by atoms with E-state index in [0.717, 1.165) is 18.2 Å². The van der Waals surface area contributed by atoms with Crippen LogP contribution in [0.2, 0.25) is 0 Å². The number of esters is 1. The molecule has 0 fully saturated rings. The number of ether oxygens (including phenoxy) is 1. The quantitative estimate of drug-likeness (QED) is 0.651. The molecule has 1 amide bonds. The molecule has 25 heavy (non-hydrogen) atoms. The predicted octanol–water partition coefficient (Wildman–Crippen LogP) is 4.52. The molecule has 4 nitrogen and oxygen atoms in total. The van der Waals surface area contributed by atoms with Gasteiger partial charge < -0.3 is 10.1 Å². The van der Waals surface area contributed by atoms with E-state index in [9.17, 15) is 22.8 Å². The highest BCUT2D eigenvalue weighted by molar-refractivity contribution is 5.94. The molecule has 0 atom stereocenters. The van der Waals surface area contributed by atoms with Gasteiger partial charge in [-0.1, -0.05) is 19.9 Å². The number of carbonyl (C=O) groups excluding carboxylic acids is 2. The minimum absolute atomic E-state index is 0.153. The number of halogens is 3. The van der Waals surface area contributed by atoms with Crippen molar-refractivity contribution in [1.29, 1.82) is 0 Å². The molecule has 2 aromatic rings. The molecule has 132 valence electrons. The third-order valence-corrected chi connectivity index (χ3v) is 3.28. The Hall–Kier alpha value is -2.83. The van der Waals surface area contributed by atoms with E-state index in [1.807, 2.05) is 0 Å². The summed E-state index contributed by atoms with van der Waals surface area (Å²) in [6, 6.07) is 9.96. The number of anilines is 1. The molecule has 0 aromatic heterocycles. The molecule has 0 heterocycles. The van der Waals surface area contributed by atoms with Crippen LogP contribution in [0.3, 0.4) is 0 Å². The normalized spacial score (nSPS) is 11.3. The van der Waals surface area contributed by atoms with Crippen molar-refractivity contribution in [3.05, 3.63) is 59.7 Å². The molecule has 0 aliphatic heterocycles. The van der Waals surface area contributed by atoms with E-state index in [-0.39, 0.29) is 23.1 Å². The number of carbonyl (C=O) groups is 2. The minimum Gasteiger partial charge on any atom is -0.423 e. The van der Waals surface area contributed by atoms with E-state index in [0.29, 0.717) is 5.69 Å². The Kier molecular flexibility index (Phi) is 5.46. The molecule has 0 radical (unpaired) electrons. The van der Waals surface area contributed by atoms with E-state index < -0.39 is 17.7 Å². The Morgan fingerprint density at radius 1 is 1.04 bits per heavy atom. The molecule has 0 spiro atoms. The van der Waals surface area contributed by atoms with Crippen LogP contribution in [0.15, 0.2) is 48.5 Å². The fourth-order valence-electron chi connectivity index (χ4n) is 1.88. The molecule has 7 heteroatoms. The van der Waals surface area contributed by atoms with E-state index in [1.165, 1.54) is 30.3 Å². The lowest BCUT2D eigenvalue weighted by molar-refractivity contribution is -0.137. The van der Waals surface area contributed by atoms with Crippen LogP contribution < -0.4 is 10.1 Å². The second-order valence-electron chi connectivity index (χ2n) is 5.64. The summed E-state index contributed by atoms with van der Waals surface area (Å²) in [4.78, 5) is 23.6. The van der Waals surface area contributed by atoms with Gasteiger partial charge in [0.25, 0.3) is 0 Å². The van der Waals surface area contributed by atoms with Crippen LogP contribution in [-0.2, 0) is 11.0 Å². The lowest BCUT2D eigenvalue weighted by Crippen LogP contribution is -2.17. The summed E-state index contributed by atoms with van der Waals surface area (Å²) < 4.78 is 42.9. The first-order valence-corrected chi connectivity index (χ1v) is 7.47. The zero-order valence-electron chi connectivity index (χ0n) is 13.6. The molecule has 0 unspecified atom stereocenters. The SMILES string of the molecule is CC(C)C(=O)Nc1ccc(C(=O)Oc2cccc(C(F)(F)F)c2)cc1. The number of hydrogen-bond acceptors (Lipinski definition) is 3. The summed E-state index contributed by atoms with van der Waals surface area (Å²) in [6.45, 7) is 3.49. The summed E-state index contributed by atoms with van der Waals surface area (Å²) in [5.41, 5.74) is -0.237. The molecule has 0 aliphatic rings. The maximum absolute atomic E-state index is 12.7. The highest BCUT2D eigenvalue weighted by Crippen LogP contribution is 2.31. The monoisotopic (exact) mass is 351 g/mol. The van der Waals surface area contributed by atoms with E-state index in [2.05, 4.69) is 5.32 Å². The summed E-state index contributed by atoms with van der Waals surface area (Å²) in [6.07, 6.45) is -4.52. The van der Waals surface area contributed by atoms with Crippen LogP contribution in [0.1, 0.15) is 29.8 Å². The van der Waals surface area contributed by atoms with Crippen LogP contribution in [0.25, 0.3) is 0 Å². The molecular formula is C18H16F3NO3. The van der Waals surface area contributed by atoms with Crippen molar-refractivity contribution in [2.75, 3.05) is 5.32 Å². The van der Waals surface area contributed by atoms with Gasteiger partial charge in [0, 0.05) is 11.6 Å². The average Bonchev–Trinajstić information content (AvgIpc) is 2.54. The number of alkyl halides is 3. The van der Waals surface area contributed by atoms with E-state index >= 15 is 0 Å². The molecule has 2 rings (SSSR count). The Morgan fingerprint density at radius 2 is 1.68 bits per heavy atom. The van der Waals surface area contributed by atoms with Gasteiger partial charge in [0.05, 0.1) is 11.1 Å². The van der Waals surface area contributed by atoms with Gasteiger partial charge in [-0.05, 0) is 42.5 Å². The van der Waals surface area contributed by atoms with Gasteiger partial charge in [0.15, 0.2) is 0 Å². The third-order valence-electron chi connectivity index (χ3n) is 3.28. The lowest BCUT2D eigenvalue weighted by Gasteiger charge is -2.10. The summed E-state index contributed by atoms with van der Waals surface area (Å²) in [5.74, 6) is -1.34. The van der Waals surface area contributed by atoms with Crippen molar-refractivity contribution in [2.24, 2.45) is 5.92 Å². The van der Waals surface area contributed by atoms with Crippen molar-refractivity contribution in [3.8, 4) is 5.75 Å². The smallest absolute Gasteiger partial charge is 0.416 e. The van der Waals surface area contributed by atoms with Crippen LogP contribution in [0, 0.1) is 5.92 Å². The highest BCUT2D eigenvalue weighted by atomic mass is 19.4. The van der Waals surface area contributed by atoms with Gasteiger partial charge >= 0.3 is 12.1 Å². The molecule has 0 aliphatic carbocycles. The Labute approximate surface area is 142 Å². The van der Waals surface area contributed by atoms with E-state index in [4.69, 9.17) is 4.74 Å². The zero-order chi connectivity index (χ0) is 18.6. The lowest BCUT2D eigenvalue weighted by atomic mass is 10.1.